The third kappa shape index (κ3) is 3.95. The van der Waals surface area contributed by atoms with Gasteiger partial charge in [0, 0.05) is 19.9 Å². The first-order valence-electron chi connectivity index (χ1n) is 5.47. The molecule has 100 valence electrons. The van der Waals surface area contributed by atoms with Crippen molar-refractivity contribution in [1.29, 1.82) is 0 Å². The molecule has 1 aromatic heterocycles. The zero-order valence-corrected chi connectivity index (χ0v) is 10.2. The van der Waals surface area contributed by atoms with E-state index >= 15 is 0 Å². The molecular formula is C11H18N4O3. The van der Waals surface area contributed by atoms with E-state index in [9.17, 15) is 0 Å². The van der Waals surface area contributed by atoms with E-state index in [0.717, 1.165) is 5.56 Å². The smallest absolute Gasteiger partial charge is 0.189 e. The highest BCUT2D eigenvalue weighted by Crippen LogP contribution is 2.05. The molecule has 7 heteroatoms. The van der Waals surface area contributed by atoms with Crippen LogP contribution >= 0.6 is 0 Å². The molecule has 0 fully saturated rings. The molecule has 0 saturated carbocycles. The van der Waals surface area contributed by atoms with Crippen molar-refractivity contribution < 1.29 is 15.1 Å². The molecule has 0 radical (unpaired) electrons. The minimum atomic E-state index is -0.171. The van der Waals surface area contributed by atoms with Crippen LogP contribution in [0.25, 0.3) is 0 Å². The number of nitrogens with one attached hydrogen (secondary N) is 1. The second kappa shape index (κ2) is 7.59. The van der Waals surface area contributed by atoms with Crippen LogP contribution in [0.15, 0.2) is 23.5 Å². The van der Waals surface area contributed by atoms with Crippen molar-refractivity contribution >= 4 is 5.84 Å². The predicted molar refractivity (Wildman–Crippen MR) is 66.3 cm³/mol. The van der Waals surface area contributed by atoms with E-state index in [-0.39, 0.29) is 18.5 Å². The topological polar surface area (TPSA) is 113 Å². The van der Waals surface area contributed by atoms with Crippen molar-refractivity contribution in [2.24, 2.45) is 10.9 Å². The number of amidine groups is 1. The van der Waals surface area contributed by atoms with Crippen molar-refractivity contribution in [2.45, 2.75) is 12.6 Å². The minimum Gasteiger partial charge on any atom is -0.409 e. The predicted octanol–water partition coefficient (Wildman–Crippen LogP) is -0.727. The Balaban J connectivity index is 2.72. The molecule has 0 aliphatic rings. The number of aromatic nitrogens is 1. The number of ether oxygens (including phenoxy) is 1. The quantitative estimate of drug-likeness (QED) is 0.221. The number of nitrogens with zero attached hydrogens (tertiary/aromatic N) is 2. The second-order valence-electron chi connectivity index (χ2n) is 3.71. The van der Waals surface area contributed by atoms with Crippen molar-refractivity contribution in [3.63, 3.8) is 0 Å². The highest BCUT2D eigenvalue weighted by molar-refractivity contribution is 5.96. The van der Waals surface area contributed by atoms with Crippen molar-refractivity contribution in [3.8, 4) is 0 Å². The number of rotatable bonds is 7. The van der Waals surface area contributed by atoms with Crippen LogP contribution in [0.4, 0.5) is 0 Å². The maximum absolute atomic E-state index is 9.11. The normalized spacial score (nSPS) is 13.6. The summed E-state index contributed by atoms with van der Waals surface area (Å²) in [4.78, 5) is 4.05. The number of methoxy groups -OCH3 is 1. The van der Waals surface area contributed by atoms with E-state index in [4.69, 9.17) is 20.8 Å². The molecule has 0 spiro atoms. The van der Waals surface area contributed by atoms with Gasteiger partial charge in [0.1, 0.15) is 5.69 Å². The molecule has 18 heavy (non-hydrogen) atoms. The lowest BCUT2D eigenvalue weighted by Crippen LogP contribution is -2.36. The van der Waals surface area contributed by atoms with Crippen LogP contribution in [-0.4, -0.2) is 47.5 Å². The molecule has 0 amide bonds. The fourth-order valence-electron chi connectivity index (χ4n) is 1.49. The summed E-state index contributed by atoms with van der Waals surface area (Å²) in [5.41, 5.74) is 6.73. The van der Waals surface area contributed by atoms with Crippen LogP contribution in [-0.2, 0) is 11.3 Å². The second-order valence-corrected chi connectivity index (χ2v) is 3.71. The Kier molecular flexibility index (Phi) is 6.06. The molecule has 0 bridgehead atoms. The van der Waals surface area contributed by atoms with Gasteiger partial charge >= 0.3 is 0 Å². The third-order valence-electron chi connectivity index (χ3n) is 2.41. The van der Waals surface area contributed by atoms with Gasteiger partial charge in [-0.05, 0) is 11.6 Å². The number of hydrogen-bond donors (Lipinski definition) is 4. The average Bonchev–Trinajstić information content (AvgIpc) is 2.43. The summed E-state index contributed by atoms with van der Waals surface area (Å²) in [5, 5.41) is 23.8. The fraction of sp³-hybridized carbons (Fsp3) is 0.455. The Bertz CT molecular complexity index is 398. The maximum atomic E-state index is 9.11. The summed E-state index contributed by atoms with van der Waals surface area (Å²) in [6, 6.07) is 3.40. The zero-order chi connectivity index (χ0) is 13.4. The SMILES string of the molecule is COCC(CO)NCc1cccnc1/C(N)=N/O. The molecule has 1 unspecified atom stereocenters. The Morgan fingerprint density at radius 2 is 2.44 bits per heavy atom. The Hall–Kier alpha value is -1.70. The summed E-state index contributed by atoms with van der Waals surface area (Å²) in [5.74, 6) is -0.0420. The molecule has 0 aromatic carbocycles. The van der Waals surface area contributed by atoms with Crippen LogP contribution in [0.5, 0.6) is 0 Å². The Morgan fingerprint density at radius 3 is 3.06 bits per heavy atom. The average molecular weight is 254 g/mol. The number of nitrogens with two attached hydrogens (primary N) is 1. The first kappa shape index (κ1) is 14.4. The molecule has 1 atom stereocenters. The van der Waals surface area contributed by atoms with Gasteiger partial charge in [0.2, 0.25) is 0 Å². The highest BCUT2D eigenvalue weighted by atomic mass is 16.5. The lowest BCUT2D eigenvalue weighted by molar-refractivity contribution is 0.128. The standard InChI is InChI=1S/C11H18N4O3/c1-18-7-9(6-16)14-5-8-3-2-4-13-10(8)11(12)15-17/h2-4,9,14,16-17H,5-7H2,1H3,(H2,12,15). The number of aliphatic hydroxyl groups is 1. The van der Waals surface area contributed by atoms with Gasteiger partial charge in [-0.2, -0.15) is 0 Å². The molecular weight excluding hydrogens is 236 g/mol. The van der Waals surface area contributed by atoms with Gasteiger partial charge < -0.3 is 26.1 Å². The third-order valence-corrected chi connectivity index (χ3v) is 2.41. The van der Waals surface area contributed by atoms with Gasteiger partial charge in [0.05, 0.1) is 19.3 Å². The van der Waals surface area contributed by atoms with Crippen LogP contribution < -0.4 is 11.1 Å². The van der Waals surface area contributed by atoms with Crippen molar-refractivity contribution in [1.82, 2.24) is 10.3 Å². The monoisotopic (exact) mass is 254 g/mol. The zero-order valence-electron chi connectivity index (χ0n) is 10.2. The summed E-state index contributed by atoms with van der Waals surface area (Å²) in [6.07, 6.45) is 1.57. The Labute approximate surface area is 105 Å². The summed E-state index contributed by atoms with van der Waals surface area (Å²) >= 11 is 0. The molecule has 0 saturated heterocycles. The Morgan fingerprint density at radius 1 is 1.67 bits per heavy atom. The molecule has 1 heterocycles. The van der Waals surface area contributed by atoms with Crippen molar-refractivity contribution in [3.05, 3.63) is 29.6 Å². The highest BCUT2D eigenvalue weighted by Gasteiger charge is 2.11. The minimum absolute atomic E-state index is 0.0347. The fourth-order valence-corrected chi connectivity index (χ4v) is 1.49. The van der Waals surface area contributed by atoms with Gasteiger partial charge in [0.15, 0.2) is 5.84 Å². The van der Waals surface area contributed by atoms with E-state index in [1.807, 2.05) is 6.07 Å². The van der Waals surface area contributed by atoms with Crippen LogP contribution in [0.2, 0.25) is 0 Å². The number of hydrogen-bond acceptors (Lipinski definition) is 6. The summed E-state index contributed by atoms with van der Waals surface area (Å²) in [6.45, 7) is 0.802. The van der Waals surface area contributed by atoms with Gasteiger partial charge in [-0.1, -0.05) is 11.2 Å². The van der Waals surface area contributed by atoms with Gasteiger partial charge in [0.25, 0.3) is 0 Å². The van der Waals surface area contributed by atoms with Gasteiger partial charge in [-0.25, -0.2) is 0 Å². The number of oxime groups is 1. The molecule has 1 aromatic rings. The first-order chi connectivity index (χ1) is 8.72. The van der Waals surface area contributed by atoms with E-state index in [1.54, 1.807) is 19.4 Å². The molecule has 0 aliphatic heterocycles. The number of pyridine rings is 1. The number of aliphatic hydroxyl groups excluding tert-OH is 1. The van der Waals surface area contributed by atoms with E-state index in [2.05, 4.69) is 15.5 Å². The molecule has 7 nitrogen and oxygen atoms in total. The molecule has 0 aliphatic carbocycles. The first-order valence-corrected chi connectivity index (χ1v) is 5.47. The summed E-state index contributed by atoms with van der Waals surface area (Å²) in [7, 11) is 1.57. The van der Waals surface area contributed by atoms with Gasteiger partial charge in [-0.15, -0.1) is 0 Å². The molecule has 5 N–H and O–H groups in total. The largest absolute Gasteiger partial charge is 0.409 e. The van der Waals surface area contributed by atoms with Crippen LogP contribution in [0.1, 0.15) is 11.3 Å². The van der Waals surface area contributed by atoms with E-state index in [0.29, 0.717) is 18.8 Å². The van der Waals surface area contributed by atoms with Crippen LogP contribution in [0, 0.1) is 0 Å². The summed E-state index contributed by atoms with van der Waals surface area (Å²) < 4.78 is 4.96. The molecule has 1 rings (SSSR count). The van der Waals surface area contributed by atoms with Gasteiger partial charge in [-0.3, -0.25) is 4.98 Å². The van der Waals surface area contributed by atoms with Crippen LogP contribution in [0.3, 0.4) is 0 Å². The van der Waals surface area contributed by atoms with Crippen molar-refractivity contribution in [2.75, 3.05) is 20.3 Å². The maximum Gasteiger partial charge on any atom is 0.189 e. The van der Waals surface area contributed by atoms with E-state index < -0.39 is 0 Å². The lowest BCUT2D eigenvalue weighted by Gasteiger charge is -2.16. The van der Waals surface area contributed by atoms with E-state index in [1.165, 1.54) is 0 Å². The lowest BCUT2D eigenvalue weighted by atomic mass is 10.1.